The van der Waals surface area contributed by atoms with Crippen LogP contribution >= 0.6 is 11.3 Å². The van der Waals surface area contributed by atoms with E-state index in [4.69, 9.17) is 0 Å². The van der Waals surface area contributed by atoms with Gasteiger partial charge in [-0.1, -0.05) is 36.8 Å². The summed E-state index contributed by atoms with van der Waals surface area (Å²) >= 11 is 1.61. The molecule has 1 heterocycles. The maximum Gasteiger partial charge on any atom is 0.337 e. The van der Waals surface area contributed by atoms with Gasteiger partial charge in [-0.05, 0) is 18.6 Å². The summed E-state index contributed by atoms with van der Waals surface area (Å²) < 4.78 is 4.67. The number of nitrogens with zero attached hydrogens (tertiary/aromatic N) is 2. The standard InChI is InChI=1S/C14H16N2O2S/c1-3-4-5-12-15-16-13(19-12)10-6-8-11(9-7-10)14(17)18-2/h6-9H,3-5H2,1-2H3. The third-order valence-electron chi connectivity index (χ3n) is 2.76. The monoisotopic (exact) mass is 276 g/mol. The van der Waals surface area contributed by atoms with Crippen molar-refractivity contribution in [2.75, 3.05) is 7.11 Å². The molecule has 2 rings (SSSR count). The maximum atomic E-state index is 11.3. The van der Waals surface area contributed by atoms with Crippen molar-refractivity contribution in [3.8, 4) is 10.6 Å². The van der Waals surface area contributed by atoms with Gasteiger partial charge < -0.3 is 4.74 Å². The van der Waals surface area contributed by atoms with Crippen LogP contribution in [0.25, 0.3) is 10.6 Å². The molecule has 100 valence electrons. The normalized spacial score (nSPS) is 10.4. The average Bonchev–Trinajstić information content (AvgIpc) is 2.93. The van der Waals surface area contributed by atoms with Crippen molar-refractivity contribution in [2.24, 2.45) is 0 Å². The summed E-state index contributed by atoms with van der Waals surface area (Å²) in [6.07, 6.45) is 3.27. The van der Waals surface area contributed by atoms with Crippen LogP contribution in [-0.2, 0) is 11.2 Å². The van der Waals surface area contributed by atoms with Gasteiger partial charge in [0, 0.05) is 12.0 Å². The minimum absolute atomic E-state index is 0.326. The van der Waals surface area contributed by atoms with Gasteiger partial charge in [0.05, 0.1) is 12.7 Å². The van der Waals surface area contributed by atoms with E-state index < -0.39 is 0 Å². The summed E-state index contributed by atoms with van der Waals surface area (Å²) in [6.45, 7) is 2.16. The molecule has 0 fully saturated rings. The molecule has 2 aromatic rings. The Balaban J connectivity index is 2.13. The van der Waals surface area contributed by atoms with E-state index in [0.717, 1.165) is 34.8 Å². The Kier molecular flexibility index (Phi) is 4.63. The van der Waals surface area contributed by atoms with Crippen LogP contribution in [0.4, 0.5) is 0 Å². The van der Waals surface area contributed by atoms with E-state index in [-0.39, 0.29) is 5.97 Å². The van der Waals surface area contributed by atoms with Gasteiger partial charge in [0.2, 0.25) is 0 Å². The first kappa shape index (κ1) is 13.7. The summed E-state index contributed by atoms with van der Waals surface area (Å²) in [5, 5.41) is 10.3. The molecule has 1 aromatic heterocycles. The molecule has 0 spiro atoms. The summed E-state index contributed by atoms with van der Waals surface area (Å²) in [5.41, 5.74) is 1.52. The van der Waals surface area contributed by atoms with Gasteiger partial charge in [-0.15, -0.1) is 10.2 Å². The first-order chi connectivity index (χ1) is 9.24. The molecule has 0 bridgehead atoms. The van der Waals surface area contributed by atoms with Crippen molar-refractivity contribution < 1.29 is 9.53 Å². The molecule has 0 N–H and O–H groups in total. The third kappa shape index (κ3) is 3.38. The Morgan fingerprint density at radius 1 is 1.26 bits per heavy atom. The number of aromatic nitrogens is 2. The molecule has 5 heteroatoms. The molecule has 4 nitrogen and oxygen atoms in total. The molecule has 0 saturated heterocycles. The lowest BCUT2D eigenvalue weighted by atomic mass is 10.1. The topological polar surface area (TPSA) is 52.1 Å². The zero-order valence-corrected chi connectivity index (χ0v) is 11.9. The SMILES string of the molecule is CCCCc1nnc(-c2ccc(C(=O)OC)cc2)s1. The van der Waals surface area contributed by atoms with Crippen LogP contribution in [0.3, 0.4) is 0 Å². The highest BCUT2D eigenvalue weighted by Crippen LogP contribution is 2.24. The number of unbranched alkanes of at least 4 members (excludes halogenated alkanes) is 1. The zero-order valence-electron chi connectivity index (χ0n) is 11.0. The van der Waals surface area contributed by atoms with Gasteiger partial charge >= 0.3 is 5.97 Å². The summed E-state index contributed by atoms with van der Waals surface area (Å²) in [4.78, 5) is 11.3. The molecule has 0 aliphatic rings. The lowest BCUT2D eigenvalue weighted by Crippen LogP contribution is -2.00. The van der Waals surface area contributed by atoms with Gasteiger partial charge in [-0.2, -0.15) is 0 Å². The van der Waals surface area contributed by atoms with Crippen LogP contribution in [-0.4, -0.2) is 23.3 Å². The Labute approximate surface area is 116 Å². The largest absolute Gasteiger partial charge is 0.465 e. The predicted octanol–water partition coefficient (Wildman–Crippen LogP) is 3.33. The van der Waals surface area contributed by atoms with Crippen molar-refractivity contribution in [3.05, 3.63) is 34.8 Å². The number of rotatable bonds is 5. The lowest BCUT2D eigenvalue weighted by Gasteiger charge is -1.99. The number of carbonyl (C=O) groups excluding carboxylic acids is 1. The minimum atomic E-state index is -0.326. The summed E-state index contributed by atoms with van der Waals surface area (Å²) in [7, 11) is 1.38. The first-order valence-electron chi connectivity index (χ1n) is 6.25. The molecule has 0 atom stereocenters. The Morgan fingerprint density at radius 3 is 2.63 bits per heavy atom. The number of esters is 1. The molecule has 0 aliphatic carbocycles. The highest BCUT2D eigenvalue weighted by Gasteiger charge is 2.08. The number of benzene rings is 1. The number of hydrogen-bond acceptors (Lipinski definition) is 5. The Morgan fingerprint density at radius 2 is 2.00 bits per heavy atom. The molecular formula is C14H16N2O2S. The molecule has 19 heavy (non-hydrogen) atoms. The fourth-order valence-corrected chi connectivity index (χ4v) is 2.55. The van der Waals surface area contributed by atoms with E-state index >= 15 is 0 Å². The second-order valence-electron chi connectivity index (χ2n) is 4.17. The predicted molar refractivity (Wildman–Crippen MR) is 75.3 cm³/mol. The molecule has 0 aliphatic heterocycles. The molecule has 0 unspecified atom stereocenters. The van der Waals surface area contributed by atoms with E-state index in [9.17, 15) is 4.79 Å². The van der Waals surface area contributed by atoms with Crippen LogP contribution in [0.1, 0.15) is 35.1 Å². The van der Waals surface area contributed by atoms with Crippen molar-refractivity contribution in [1.29, 1.82) is 0 Å². The molecule has 0 radical (unpaired) electrons. The van der Waals surface area contributed by atoms with Crippen LogP contribution in [0.2, 0.25) is 0 Å². The van der Waals surface area contributed by atoms with Crippen molar-refractivity contribution in [3.63, 3.8) is 0 Å². The Hall–Kier alpha value is -1.75. The van der Waals surface area contributed by atoms with E-state index in [2.05, 4.69) is 21.9 Å². The number of carbonyl (C=O) groups is 1. The number of hydrogen-bond donors (Lipinski definition) is 0. The summed E-state index contributed by atoms with van der Waals surface area (Å²) in [5.74, 6) is -0.326. The fourth-order valence-electron chi connectivity index (χ4n) is 1.67. The average molecular weight is 276 g/mol. The molecular weight excluding hydrogens is 260 g/mol. The highest BCUT2D eigenvalue weighted by atomic mass is 32.1. The van der Waals surface area contributed by atoms with E-state index in [1.165, 1.54) is 7.11 Å². The maximum absolute atomic E-state index is 11.3. The quantitative estimate of drug-likeness (QED) is 0.786. The van der Waals surface area contributed by atoms with Crippen LogP contribution in [0.5, 0.6) is 0 Å². The Bertz CT molecular complexity index is 549. The molecule has 1 aromatic carbocycles. The van der Waals surface area contributed by atoms with Crippen molar-refractivity contribution >= 4 is 17.3 Å². The van der Waals surface area contributed by atoms with Crippen LogP contribution in [0, 0.1) is 0 Å². The van der Waals surface area contributed by atoms with Gasteiger partial charge in [0.25, 0.3) is 0 Å². The molecule has 0 saturated carbocycles. The first-order valence-corrected chi connectivity index (χ1v) is 7.07. The highest BCUT2D eigenvalue weighted by molar-refractivity contribution is 7.14. The second kappa shape index (κ2) is 6.43. The smallest absolute Gasteiger partial charge is 0.337 e. The number of ether oxygens (including phenoxy) is 1. The van der Waals surface area contributed by atoms with Crippen LogP contribution < -0.4 is 0 Å². The van der Waals surface area contributed by atoms with Crippen molar-refractivity contribution in [2.45, 2.75) is 26.2 Å². The van der Waals surface area contributed by atoms with E-state index in [1.54, 1.807) is 23.5 Å². The zero-order chi connectivity index (χ0) is 13.7. The van der Waals surface area contributed by atoms with E-state index in [1.807, 2.05) is 12.1 Å². The summed E-state index contributed by atoms with van der Waals surface area (Å²) in [6, 6.07) is 7.23. The third-order valence-corrected chi connectivity index (χ3v) is 3.80. The number of methoxy groups -OCH3 is 1. The van der Waals surface area contributed by atoms with Gasteiger partial charge in [-0.3, -0.25) is 0 Å². The van der Waals surface area contributed by atoms with Gasteiger partial charge in [0.1, 0.15) is 10.0 Å². The fraction of sp³-hybridized carbons (Fsp3) is 0.357. The lowest BCUT2D eigenvalue weighted by molar-refractivity contribution is 0.0601. The molecule has 0 amide bonds. The second-order valence-corrected chi connectivity index (χ2v) is 5.24. The van der Waals surface area contributed by atoms with E-state index in [0.29, 0.717) is 5.56 Å². The van der Waals surface area contributed by atoms with Gasteiger partial charge in [0.15, 0.2) is 0 Å². The van der Waals surface area contributed by atoms with Gasteiger partial charge in [-0.25, -0.2) is 4.79 Å². The minimum Gasteiger partial charge on any atom is -0.465 e. The number of aryl methyl sites for hydroxylation is 1. The van der Waals surface area contributed by atoms with Crippen LogP contribution in [0.15, 0.2) is 24.3 Å². The van der Waals surface area contributed by atoms with Crippen molar-refractivity contribution in [1.82, 2.24) is 10.2 Å².